The highest BCUT2D eigenvalue weighted by Gasteiger charge is 2.46. The van der Waals surface area contributed by atoms with Gasteiger partial charge in [-0.2, -0.15) is 0 Å². The molecule has 0 unspecified atom stereocenters. The van der Waals surface area contributed by atoms with E-state index in [1.54, 1.807) is 0 Å². The first-order valence-corrected chi connectivity index (χ1v) is 7.88. The van der Waals surface area contributed by atoms with Crippen molar-refractivity contribution in [2.75, 3.05) is 6.54 Å². The van der Waals surface area contributed by atoms with Crippen LogP contribution in [0.15, 0.2) is 0 Å². The molecule has 0 aromatic heterocycles. The van der Waals surface area contributed by atoms with Gasteiger partial charge < -0.3 is 5.32 Å². The Kier molecular flexibility index (Phi) is 3.60. The second-order valence-electron chi connectivity index (χ2n) is 9.01. The first-order valence-electron chi connectivity index (χ1n) is 7.88. The van der Waals surface area contributed by atoms with Crippen LogP contribution in [-0.2, 0) is 0 Å². The Hall–Kier alpha value is -0.0400. The van der Waals surface area contributed by atoms with Gasteiger partial charge in [-0.15, -0.1) is 0 Å². The summed E-state index contributed by atoms with van der Waals surface area (Å²) >= 11 is 0. The van der Waals surface area contributed by atoms with Gasteiger partial charge in [0.1, 0.15) is 0 Å². The molecule has 106 valence electrons. The molecule has 2 fully saturated rings. The quantitative estimate of drug-likeness (QED) is 0.769. The molecule has 1 nitrogen and oxygen atoms in total. The lowest BCUT2D eigenvalue weighted by molar-refractivity contribution is 0.0813. The summed E-state index contributed by atoms with van der Waals surface area (Å²) in [6.45, 7) is 15.8. The fraction of sp³-hybridized carbons (Fsp3) is 1.00. The molecule has 0 aliphatic heterocycles. The van der Waals surface area contributed by atoms with E-state index in [1.807, 2.05) is 0 Å². The maximum atomic E-state index is 3.92. The van der Waals surface area contributed by atoms with Gasteiger partial charge in [-0.3, -0.25) is 0 Å². The highest BCUT2D eigenvalue weighted by molar-refractivity contribution is 4.99. The predicted octanol–water partition coefficient (Wildman–Crippen LogP) is 4.62. The highest BCUT2D eigenvalue weighted by Crippen LogP contribution is 2.52. The SMILES string of the molecule is CC(C)C1(CNC2CC(C)(C)CC(C)(C)C2)CC1. The summed E-state index contributed by atoms with van der Waals surface area (Å²) in [6, 6.07) is 0.736. The molecule has 18 heavy (non-hydrogen) atoms. The van der Waals surface area contributed by atoms with Crippen LogP contribution in [0.1, 0.15) is 73.6 Å². The topological polar surface area (TPSA) is 12.0 Å². The molecule has 0 amide bonds. The van der Waals surface area contributed by atoms with Crippen molar-refractivity contribution < 1.29 is 0 Å². The lowest BCUT2D eigenvalue weighted by Crippen LogP contribution is -2.46. The second-order valence-corrected chi connectivity index (χ2v) is 9.01. The van der Waals surface area contributed by atoms with Crippen LogP contribution in [-0.4, -0.2) is 12.6 Å². The second kappa shape index (κ2) is 4.51. The van der Waals surface area contributed by atoms with Crippen LogP contribution in [0.25, 0.3) is 0 Å². The molecule has 0 spiro atoms. The van der Waals surface area contributed by atoms with Gasteiger partial charge in [0.2, 0.25) is 0 Å². The van der Waals surface area contributed by atoms with Crippen molar-refractivity contribution in [2.24, 2.45) is 22.2 Å². The molecular formula is C17H33N. The molecule has 0 radical (unpaired) electrons. The largest absolute Gasteiger partial charge is 0.313 e. The summed E-state index contributed by atoms with van der Waals surface area (Å²) < 4.78 is 0. The highest BCUT2D eigenvalue weighted by atomic mass is 14.9. The zero-order chi connectivity index (χ0) is 13.6. The van der Waals surface area contributed by atoms with E-state index in [1.165, 1.54) is 38.6 Å². The van der Waals surface area contributed by atoms with Crippen molar-refractivity contribution in [3.05, 3.63) is 0 Å². The third-order valence-corrected chi connectivity index (χ3v) is 5.41. The Morgan fingerprint density at radius 3 is 1.89 bits per heavy atom. The smallest absolute Gasteiger partial charge is 0.00774 e. The van der Waals surface area contributed by atoms with E-state index in [4.69, 9.17) is 0 Å². The summed E-state index contributed by atoms with van der Waals surface area (Å²) in [7, 11) is 0. The van der Waals surface area contributed by atoms with E-state index < -0.39 is 0 Å². The average Bonchev–Trinajstić information content (AvgIpc) is 2.90. The Morgan fingerprint density at radius 1 is 1.00 bits per heavy atom. The van der Waals surface area contributed by atoms with Crippen LogP contribution in [0.2, 0.25) is 0 Å². The molecule has 0 heterocycles. The van der Waals surface area contributed by atoms with Crippen LogP contribution in [0.5, 0.6) is 0 Å². The Balaban J connectivity index is 1.90. The van der Waals surface area contributed by atoms with Crippen LogP contribution < -0.4 is 5.32 Å². The third kappa shape index (κ3) is 3.29. The summed E-state index contributed by atoms with van der Waals surface area (Å²) in [5.41, 5.74) is 1.66. The number of nitrogens with one attached hydrogen (secondary N) is 1. The van der Waals surface area contributed by atoms with Crippen molar-refractivity contribution in [1.29, 1.82) is 0 Å². The van der Waals surface area contributed by atoms with Crippen LogP contribution in [0, 0.1) is 22.2 Å². The Labute approximate surface area is 114 Å². The number of hydrogen-bond donors (Lipinski definition) is 1. The fourth-order valence-electron chi connectivity index (χ4n) is 4.46. The monoisotopic (exact) mass is 251 g/mol. The van der Waals surface area contributed by atoms with Gasteiger partial charge in [-0.05, 0) is 54.3 Å². The van der Waals surface area contributed by atoms with Crippen molar-refractivity contribution in [3.63, 3.8) is 0 Å². The molecule has 0 saturated heterocycles. The minimum atomic E-state index is 0.508. The molecule has 2 aliphatic carbocycles. The molecule has 1 heteroatoms. The van der Waals surface area contributed by atoms with Gasteiger partial charge in [-0.1, -0.05) is 41.5 Å². The first-order chi connectivity index (χ1) is 8.14. The van der Waals surface area contributed by atoms with Crippen molar-refractivity contribution >= 4 is 0 Å². The molecule has 0 aromatic rings. The summed E-state index contributed by atoms with van der Waals surface area (Å²) in [4.78, 5) is 0. The van der Waals surface area contributed by atoms with E-state index >= 15 is 0 Å². The summed E-state index contributed by atoms with van der Waals surface area (Å²) in [6.07, 6.45) is 6.96. The maximum absolute atomic E-state index is 3.92. The molecule has 2 saturated carbocycles. The van der Waals surface area contributed by atoms with Gasteiger partial charge >= 0.3 is 0 Å². The standard InChI is InChI=1S/C17H33N/c1-13(2)17(7-8-17)12-18-14-9-15(3,4)11-16(5,6)10-14/h13-14,18H,7-12H2,1-6H3. The summed E-state index contributed by atoms with van der Waals surface area (Å²) in [5.74, 6) is 0.842. The Bertz CT molecular complexity index is 281. The molecule has 2 rings (SSSR count). The zero-order valence-corrected chi connectivity index (χ0v) is 13.4. The maximum Gasteiger partial charge on any atom is 0.00774 e. The Morgan fingerprint density at radius 2 is 1.50 bits per heavy atom. The van der Waals surface area contributed by atoms with Crippen molar-refractivity contribution in [3.8, 4) is 0 Å². The minimum absolute atomic E-state index is 0.508. The molecule has 1 N–H and O–H groups in total. The van der Waals surface area contributed by atoms with Crippen molar-refractivity contribution in [2.45, 2.75) is 79.7 Å². The molecular weight excluding hydrogens is 218 g/mol. The van der Waals surface area contributed by atoms with Crippen LogP contribution in [0.4, 0.5) is 0 Å². The third-order valence-electron chi connectivity index (χ3n) is 5.41. The number of hydrogen-bond acceptors (Lipinski definition) is 1. The predicted molar refractivity (Wildman–Crippen MR) is 79.7 cm³/mol. The van der Waals surface area contributed by atoms with E-state index in [0.29, 0.717) is 16.2 Å². The van der Waals surface area contributed by atoms with Gasteiger partial charge in [0.15, 0.2) is 0 Å². The fourth-order valence-corrected chi connectivity index (χ4v) is 4.46. The van der Waals surface area contributed by atoms with E-state index in [-0.39, 0.29) is 0 Å². The van der Waals surface area contributed by atoms with Gasteiger partial charge in [-0.25, -0.2) is 0 Å². The number of rotatable bonds is 4. The van der Waals surface area contributed by atoms with E-state index in [2.05, 4.69) is 46.9 Å². The summed E-state index contributed by atoms with van der Waals surface area (Å²) in [5, 5.41) is 3.92. The van der Waals surface area contributed by atoms with Gasteiger partial charge in [0.25, 0.3) is 0 Å². The van der Waals surface area contributed by atoms with Gasteiger partial charge in [0, 0.05) is 12.6 Å². The molecule has 0 aromatic carbocycles. The first kappa shape index (κ1) is 14.4. The molecule has 2 aliphatic rings. The van der Waals surface area contributed by atoms with Crippen LogP contribution in [0.3, 0.4) is 0 Å². The average molecular weight is 251 g/mol. The minimum Gasteiger partial charge on any atom is -0.313 e. The zero-order valence-electron chi connectivity index (χ0n) is 13.4. The normalized spacial score (nSPS) is 29.5. The lowest BCUT2D eigenvalue weighted by atomic mass is 9.63. The van der Waals surface area contributed by atoms with Gasteiger partial charge in [0.05, 0.1) is 0 Å². The molecule has 0 atom stereocenters. The lowest BCUT2D eigenvalue weighted by Gasteiger charge is -2.45. The van der Waals surface area contributed by atoms with E-state index in [0.717, 1.165) is 12.0 Å². The van der Waals surface area contributed by atoms with E-state index in [9.17, 15) is 0 Å². The molecule has 0 bridgehead atoms. The van der Waals surface area contributed by atoms with Crippen LogP contribution >= 0.6 is 0 Å². The van der Waals surface area contributed by atoms with Crippen molar-refractivity contribution in [1.82, 2.24) is 5.32 Å².